The molecular weight excluding hydrogens is 246 g/mol. The molecule has 0 spiro atoms. The van der Waals surface area contributed by atoms with Crippen LogP contribution in [0.5, 0.6) is 0 Å². The molecule has 0 unspecified atom stereocenters. The molecule has 0 saturated carbocycles. The molecule has 1 amide bonds. The van der Waals surface area contributed by atoms with Gasteiger partial charge in [-0.05, 0) is 12.0 Å². The van der Waals surface area contributed by atoms with Crippen LogP contribution in [-0.4, -0.2) is 35.4 Å². The van der Waals surface area contributed by atoms with Crippen LogP contribution in [-0.2, 0) is 4.79 Å². The van der Waals surface area contributed by atoms with E-state index in [-0.39, 0.29) is 5.91 Å². The van der Waals surface area contributed by atoms with Gasteiger partial charge in [0.05, 0.1) is 5.69 Å². The molecule has 2 heterocycles. The van der Waals surface area contributed by atoms with Crippen LogP contribution in [0.15, 0.2) is 24.1 Å². The second-order valence-electron chi connectivity index (χ2n) is 4.25. The summed E-state index contributed by atoms with van der Waals surface area (Å²) in [4.78, 5) is 17.7. The summed E-state index contributed by atoms with van der Waals surface area (Å²) in [5.74, 6) is -0.0781. The molecule has 1 aliphatic rings. The lowest BCUT2D eigenvalue weighted by atomic mass is 10.1. The third-order valence-electron chi connectivity index (χ3n) is 2.80. The van der Waals surface area contributed by atoms with E-state index in [2.05, 4.69) is 27.9 Å². The minimum atomic E-state index is -0.0781. The molecule has 18 heavy (non-hydrogen) atoms. The molecule has 0 radical (unpaired) electrons. The molecule has 5 heteroatoms. The molecule has 1 aliphatic heterocycles. The number of rotatable bonds is 4. The Morgan fingerprint density at radius 1 is 1.72 bits per heavy atom. The Kier molecular flexibility index (Phi) is 4.28. The molecule has 2 rings (SSSR count). The van der Waals surface area contributed by atoms with Crippen molar-refractivity contribution < 1.29 is 4.79 Å². The predicted molar refractivity (Wildman–Crippen MR) is 75.6 cm³/mol. The first-order valence-electron chi connectivity index (χ1n) is 5.95. The van der Waals surface area contributed by atoms with E-state index in [9.17, 15) is 4.79 Å². The highest BCUT2D eigenvalue weighted by atomic mass is 32.1. The van der Waals surface area contributed by atoms with Crippen molar-refractivity contribution >= 4 is 27.9 Å². The summed E-state index contributed by atoms with van der Waals surface area (Å²) < 4.78 is 0. The van der Waals surface area contributed by atoms with E-state index in [4.69, 9.17) is 0 Å². The van der Waals surface area contributed by atoms with Gasteiger partial charge in [-0.1, -0.05) is 12.2 Å². The zero-order valence-corrected chi connectivity index (χ0v) is 11.3. The zero-order chi connectivity index (χ0) is 13.0. The summed E-state index contributed by atoms with van der Waals surface area (Å²) in [5, 5.41) is 5.38. The van der Waals surface area contributed by atoms with Gasteiger partial charge in [-0.2, -0.15) is 0 Å². The van der Waals surface area contributed by atoms with Crippen LogP contribution in [0.4, 0.5) is 5.13 Å². The van der Waals surface area contributed by atoms with E-state index in [0.717, 1.165) is 31.7 Å². The second-order valence-corrected chi connectivity index (χ2v) is 5.10. The molecule has 0 fully saturated rings. The van der Waals surface area contributed by atoms with Crippen LogP contribution < -0.4 is 5.32 Å². The highest BCUT2D eigenvalue weighted by Gasteiger charge is 2.14. The molecule has 0 aliphatic carbocycles. The molecule has 0 atom stereocenters. The summed E-state index contributed by atoms with van der Waals surface area (Å²) in [5.41, 5.74) is 2.25. The summed E-state index contributed by atoms with van der Waals surface area (Å²) in [7, 11) is 0. The van der Waals surface area contributed by atoms with Crippen LogP contribution in [0.2, 0.25) is 0 Å². The fourth-order valence-corrected chi connectivity index (χ4v) is 2.70. The fraction of sp³-hybridized carbons (Fsp3) is 0.385. The Morgan fingerprint density at radius 2 is 2.56 bits per heavy atom. The van der Waals surface area contributed by atoms with Gasteiger partial charge < -0.3 is 5.32 Å². The number of thiazole rings is 1. The van der Waals surface area contributed by atoms with Crippen molar-refractivity contribution in [3.05, 3.63) is 29.8 Å². The number of nitrogens with zero attached hydrogens (tertiary/aromatic N) is 2. The van der Waals surface area contributed by atoms with Crippen molar-refractivity contribution in [2.24, 2.45) is 0 Å². The van der Waals surface area contributed by atoms with Gasteiger partial charge in [-0.3, -0.25) is 9.69 Å². The minimum Gasteiger partial charge on any atom is -0.302 e. The van der Waals surface area contributed by atoms with Gasteiger partial charge in [0.25, 0.3) is 0 Å². The Labute approximate surface area is 111 Å². The predicted octanol–water partition coefficient (Wildman–Crippen LogP) is 2.38. The zero-order valence-electron chi connectivity index (χ0n) is 10.5. The van der Waals surface area contributed by atoms with Crippen LogP contribution in [0.3, 0.4) is 0 Å². The van der Waals surface area contributed by atoms with Gasteiger partial charge in [0.15, 0.2) is 5.13 Å². The minimum absolute atomic E-state index is 0.0781. The second kappa shape index (κ2) is 5.93. The van der Waals surface area contributed by atoms with E-state index in [0.29, 0.717) is 5.13 Å². The average molecular weight is 263 g/mol. The highest BCUT2D eigenvalue weighted by Crippen LogP contribution is 2.26. The van der Waals surface area contributed by atoms with Crippen LogP contribution in [0.1, 0.15) is 19.0 Å². The summed E-state index contributed by atoms with van der Waals surface area (Å²) in [6, 6.07) is 0. The van der Waals surface area contributed by atoms with Gasteiger partial charge in [0, 0.05) is 31.9 Å². The molecule has 1 N–H and O–H groups in total. The Bertz CT molecular complexity index is 478. The van der Waals surface area contributed by atoms with Crippen molar-refractivity contribution in [2.75, 3.05) is 25.0 Å². The maximum absolute atomic E-state index is 10.9. The standard InChI is InChI=1S/C13H17N3OS/c1-3-6-16-7-4-11(5-8-16)12-9-18-13(15-12)14-10(2)17/h3-4,9H,1,5-8H2,2H3,(H,14,15,17). The molecule has 0 aromatic carbocycles. The van der Waals surface area contributed by atoms with Crippen molar-refractivity contribution in [1.82, 2.24) is 9.88 Å². The normalized spacial score (nSPS) is 16.2. The van der Waals surface area contributed by atoms with Crippen LogP contribution >= 0.6 is 11.3 Å². The quantitative estimate of drug-likeness (QED) is 0.848. The lowest BCUT2D eigenvalue weighted by Gasteiger charge is -2.24. The van der Waals surface area contributed by atoms with Gasteiger partial charge in [-0.15, -0.1) is 17.9 Å². The van der Waals surface area contributed by atoms with Gasteiger partial charge >= 0.3 is 0 Å². The van der Waals surface area contributed by atoms with E-state index < -0.39 is 0 Å². The summed E-state index contributed by atoms with van der Waals surface area (Å²) in [6.45, 7) is 8.14. The molecule has 1 aromatic rings. The van der Waals surface area contributed by atoms with Crippen molar-refractivity contribution in [2.45, 2.75) is 13.3 Å². The van der Waals surface area contributed by atoms with Gasteiger partial charge in [0.1, 0.15) is 0 Å². The van der Waals surface area contributed by atoms with Gasteiger partial charge in [-0.25, -0.2) is 4.98 Å². The monoisotopic (exact) mass is 263 g/mol. The van der Waals surface area contributed by atoms with Gasteiger partial charge in [0.2, 0.25) is 5.91 Å². The first kappa shape index (κ1) is 13.0. The summed E-state index contributed by atoms with van der Waals surface area (Å²) in [6.07, 6.45) is 5.13. The third-order valence-corrected chi connectivity index (χ3v) is 3.55. The number of hydrogen-bond acceptors (Lipinski definition) is 4. The molecule has 0 bridgehead atoms. The number of nitrogens with one attached hydrogen (secondary N) is 1. The first-order valence-corrected chi connectivity index (χ1v) is 6.83. The number of hydrogen-bond donors (Lipinski definition) is 1. The lowest BCUT2D eigenvalue weighted by molar-refractivity contribution is -0.114. The highest BCUT2D eigenvalue weighted by molar-refractivity contribution is 7.14. The number of carbonyl (C=O) groups excluding carboxylic acids is 1. The van der Waals surface area contributed by atoms with Crippen LogP contribution in [0, 0.1) is 0 Å². The van der Waals surface area contributed by atoms with Crippen molar-refractivity contribution in [3.63, 3.8) is 0 Å². The Morgan fingerprint density at radius 3 is 3.17 bits per heavy atom. The average Bonchev–Trinajstić information content (AvgIpc) is 2.78. The topological polar surface area (TPSA) is 45.2 Å². The largest absolute Gasteiger partial charge is 0.302 e. The van der Waals surface area contributed by atoms with E-state index in [1.54, 1.807) is 0 Å². The number of anilines is 1. The smallest absolute Gasteiger partial charge is 0.223 e. The first-order chi connectivity index (χ1) is 8.69. The lowest BCUT2D eigenvalue weighted by Crippen LogP contribution is -2.28. The number of aromatic nitrogens is 1. The third kappa shape index (κ3) is 3.27. The van der Waals surface area contributed by atoms with Crippen molar-refractivity contribution in [3.8, 4) is 0 Å². The maximum Gasteiger partial charge on any atom is 0.223 e. The van der Waals surface area contributed by atoms with E-state index in [1.807, 2.05) is 11.5 Å². The van der Waals surface area contributed by atoms with Crippen LogP contribution in [0.25, 0.3) is 5.57 Å². The van der Waals surface area contributed by atoms with E-state index >= 15 is 0 Å². The number of carbonyl (C=O) groups is 1. The van der Waals surface area contributed by atoms with Crippen molar-refractivity contribution in [1.29, 1.82) is 0 Å². The maximum atomic E-state index is 10.9. The Balaban J connectivity index is 2.02. The SMILES string of the molecule is C=CCN1CC=C(c2csc(NC(C)=O)n2)CC1. The molecule has 1 aromatic heterocycles. The molecular formula is C13H17N3OS. The summed E-state index contributed by atoms with van der Waals surface area (Å²) >= 11 is 1.47. The van der Waals surface area contributed by atoms with E-state index in [1.165, 1.54) is 23.8 Å². The molecule has 4 nitrogen and oxygen atoms in total. The Hall–Kier alpha value is -1.46. The molecule has 0 saturated heterocycles. The fourth-order valence-electron chi connectivity index (χ4n) is 1.92. The molecule has 96 valence electrons. The number of amides is 1.